The molecule has 5 N–H and O–H groups in total. The first kappa shape index (κ1) is 33.7. The number of carboxylic acid groups (broad SMARTS) is 1. The number of aliphatic carboxylic acids is 1. The number of phenols is 1. The first-order valence-corrected chi connectivity index (χ1v) is 16.4. The van der Waals surface area contributed by atoms with Gasteiger partial charge in [0.2, 0.25) is 6.10 Å². The van der Waals surface area contributed by atoms with Gasteiger partial charge in [-0.2, -0.15) is 0 Å². The third kappa shape index (κ3) is 5.42. The molecule has 0 aromatic heterocycles. The van der Waals surface area contributed by atoms with Crippen LogP contribution >= 0.6 is 0 Å². The molecule has 0 saturated carbocycles. The van der Waals surface area contributed by atoms with E-state index in [-0.39, 0.29) is 40.8 Å². The third-order valence-electron chi connectivity index (χ3n) is 10.4. The minimum Gasteiger partial charge on any atom is -0.504 e. The van der Waals surface area contributed by atoms with Gasteiger partial charge < -0.3 is 49.4 Å². The zero-order valence-electron chi connectivity index (χ0n) is 27.0. The van der Waals surface area contributed by atoms with Gasteiger partial charge in [-0.15, -0.1) is 0 Å². The molecule has 262 valence electrons. The Bertz CT molecular complexity index is 1830. The molecule has 1 saturated heterocycles. The van der Waals surface area contributed by atoms with Crippen molar-refractivity contribution < 1.29 is 58.9 Å². The van der Waals surface area contributed by atoms with Crippen molar-refractivity contribution in [2.75, 3.05) is 13.6 Å². The van der Waals surface area contributed by atoms with Crippen molar-refractivity contribution in [1.29, 1.82) is 0 Å². The number of hydrogen-bond acceptors (Lipinski definition) is 12. The molecule has 13 nitrogen and oxygen atoms in total. The topological polar surface area (TPSA) is 193 Å². The molecule has 1 spiro atoms. The Kier molecular flexibility index (Phi) is 8.65. The Hall–Kier alpha value is -4.79. The lowest BCUT2D eigenvalue weighted by atomic mass is 9.50. The van der Waals surface area contributed by atoms with Crippen molar-refractivity contribution in [3.05, 3.63) is 107 Å². The first-order chi connectivity index (χ1) is 23.9. The van der Waals surface area contributed by atoms with Crippen molar-refractivity contribution in [3.8, 4) is 11.5 Å². The van der Waals surface area contributed by atoms with Crippen LogP contribution in [0.1, 0.15) is 53.7 Å². The monoisotopic (exact) mass is 687 g/mol. The standard InChI is InChI=1S/C37H37NO12/c1-38-17-16-36-28-22-12-13-23(39)31(28)49-32(36)25(14-15-37(36,46)26(38)18-22)47-34(44)24(40)19-27(41)48-30(21-10-6-3-7-11-21)35(45)50-29(33(42)43)20-8-4-2-5-9-20/h2-14,24,26-27,29-30,32,39-41,46H,15-19H2,1H3,(H,42,43)/t24-,26+,27?,29-,30-,32-,36?,37+/m0/s1. The second-order valence-electron chi connectivity index (χ2n) is 13.2. The minimum absolute atomic E-state index is 0.0623. The number of carbonyl (C=O) groups is 3. The van der Waals surface area contributed by atoms with Crippen LogP contribution in [0.5, 0.6) is 11.5 Å². The number of likely N-dealkylation sites (N-methyl/N-ethyl adjacent to an activating group) is 1. The summed E-state index contributed by atoms with van der Waals surface area (Å²) in [6, 6.07) is 18.9. The molecule has 2 aliphatic heterocycles. The van der Waals surface area contributed by atoms with E-state index in [0.29, 0.717) is 24.9 Å². The minimum atomic E-state index is -1.93. The lowest BCUT2D eigenvalue weighted by molar-refractivity contribution is -0.197. The molecule has 2 aliphatic carbocycles. The largest absolute Gasteiger partial charge is 0.504 e. The van der Waals surface area contributed by atoms with Gasteiger partial charge in [0.1, 0.15) is 5.76 Å². The number of aliphatic hydroxyl groups excluding tert-OH is 2. The maximum atomic E-state index is 13.3. The number of benzene rings is 3. The molecule has 8 atom stereocenters. The van der Waals surface area contributed by atoms with Gasteiger partial charge in [0.25, 0.3) is 0 Å². The van der Waals surface area contributed by atoms with Crippen molar-refractivity contribution in [2.45, 2.75) is 73.4 Å². The highest BCUT2D eigenvalue weighted by Gasteiger charge is 2.72. The summed E-state index contributed by atoms with van der Waals surface area (Å²) in [4.78, 5) is 40.7. The van der Waals surface area contributed by atoms with Gasteiger partial charge in [0.15, 0.2) is 36.1 Å². The number of carboxylic acids is 1. The fourth-order valence-corrected chi connectivity index (χ4v) is 8.09. The SMILES string of the molecule is CN1CCC23c4c5ccc(O)c4O[C@H]2C(OC(=O)[C@@H](O)CC(O)O[C@H](C(=O)O[C@H](C(=O)O)c2ccccc2)c2ccccc2)=CC[C@@]3(O)[C@H]1C5. The second kappa shape index (κ2) is 12.8. The van der Waals surface area contributed by atoms with Crippen LogP contribution in [0.3, 0.4) is 0 Å². The molecule has 2 unspecified atom stereocenters. The molecule has 3 aromatic carbocycles. The highest BCUT2D eigenvalue weighted by molar-refractivity contribution is 5.82. The van der Waals surface area contributed by atoms with E-state index in [1.165, 1.54) is 24.3 Å². The van der Waals surface area contributed by atoms with Crippen LogP contribution in [0.4, 0.5) is 0 Å². The van der Waals surface area contributed by atoms with Crippen LogP contribution in [-0.4, -0.2) is 92.1 Å². The molecule has 0 radical (unpaired) electrons. The van der Waals surface area contributed by atoms with Gasteiger partial charge in [-0.3, -0.25) is 0 Å². The molecule has 7 rings (SSSR count). The predicted molar refractivity (Wildman–Crippen MR) is 172 cm³/mol. The molecule has 50 heavy (non-hydrogen) atoms. The van der Waals surface area contributed by atoms with Crippen LogP contribution in [0.25, 0.3) is 0 Å². The number of aromatic hydroxyl groups is 1. The number of phenolic OH excluding ortho intramolecular Hbond substituents is 1. The number of piperidine rings is 1. The highest BCUT2D eigenvalue weighted by atomic mass is 16.6. The van der Waals surface area contributed by atoms with Gasteiger partial charge in [-0.25, -0.2) is 14.4 Å². The van der Waals surface area contributed by atoms with E-state index in [1.54, 1.807) is 48.5 Å². The van der Waals surface area contributed by atoms with E-state index in [0.717, 1.165) is 5.56 Å². The number of carbonyl (C=O) groups excluding carboxylic acids is 2. The van der Waals surface area contributed by atoms with Crippen LogP contribution < -0.4 is 4.74 Å². The molecule has 2 heterocycles. The number of aliphatic hydroxyl groups is 3. The Labute approximate surface area is 286 Å². The van der Waals surface area contributed by atoms with Gasteiger partial charge in [-0.05, 0) is 49.7 Å². The quantitative estimate of drug-likeness (QED) is 0.146. The Morgan fingerprint density at radius 2 is 1.62 bits per heavy atom. The van der Waals surface area contributed by atoms with E-state index in [2.05, 4.69) is 4.90 Å². The van der Waals surface area contributed by atoms with Crippen LogP contribution in [0, 0.1) is 0 Å². The van der Waals surface area contributed by atoms with E-state index in [4.69, 9.17) is 18.9 Å². The summed E-state index contributed by atoms with van der Waals surface area (Å²) in [6.07, 6.45) is -6.11. The molecule has 4 aliphatic rings. The zero-order valence-corrected chi connectivity index (χ0v) is 27.0. The summed E-state index contributed by atoms with van der Waals surface area (Å²) in [5, 5.41) is 54.5. The fourth-order valence-electron chi connectivity index (χ4n) is 8.09. The van der Waals surface area contributed by atoms with E-state index in [9.17, 15) is 39.9 Å². The summed E-state index contributed by atoms with van der Waals surface area (Å²) in [6.45, 7) is 0.623. The molecule has 3 aromatic rings. The summed E-state index contributed by atoms with van der Waals surface area (Å²) < 4.78 is 22.9. The van der Waals surface area contributed by atoms with Crippen molar-refractivity contribution in [3.63, 3.8) is 0 Å². The van der Waals surface area contributed by atoms with E-state index in [1.807, 2.05) is 13.1 Å². The number of ether oxygens (including phenoxy) is 4. The lowest BCUT2D eigenvalue weighted by Crippen LogP contribution is -2.74. The number of rotatable bonds is 11. The smallest absolute Gasteiger partial charge is 0.349 e. The number of esters is 2. The average molecular weight is 688 g/mol. The van der Waals surface area contributed by atoms with Gasteiger partial charge in [-0.1, -0.05) is 66.7 Å². The maximum absolute atomic E-state index is 13.3. The number of hydrogen-bond donors (Lipinski definition) is 5. The van der Waals surface area contributed by atoms with E-state index < -0.39 is 66.1 Å². The number of nitrogens with zero attached hydrogens (tertiary/aromatic N) is 1. The van der Waals surface area contributed by atoms with Gasteiger partial charge in [0, 0.05) is 30.0 Å². The summed E-state index contributed by atoms with van der Waals surface area (Å²) in [7, 11) is 1.95. The summed E-state index contributed by atoms with van der Waals surface area (Å²) in [5.41, 5.74) is -0.221. The van der Waals surface area contributed by atoms with Crippen molar-refractivity contribution in [1.82, 2.24) is 4.90 Å². The van der Waals surface area contributed by atoms with Crippen LogP contribution in [-0.2, 0) is 40.4 Å². The Morgan fingerprint density at radius 1 is 0.960 bits per heavy atom. The van der Waals surface area contributed by atoms with Gasteiger partial charge >= 0.3 is 17.9 Å². The Morgan fingerprint density at radius 3 is 2.28 bits per heavy atom. The molecule has 1 fully saturated rings. The summed E-state index contributed by atoms with van der Waals surface area (Å²) in [5.74, 6) is -3.48. The molecular weight excluding hydrogens is 650 g/mol. The zero-order chi connectivity index (χ0) is 35.4. The second-order valence-corrected chi connectivity index (χ2v) is 13.2. The maximum Gasteiger partial charge on any atom is 0.349 e. The van der Waals surface area contributed by atoms with Crippen LogP contribution in [0.2, 0.25) is 0 Å². The average Bonchev–Trinajstić information content (AvgIpc) is 3.47. The highest BCUT2D eigenvalue weighted by Crippen LogP contribution is 2.65. The van der Waals surface area contributed by atoms with Crippen molar-refractivity contribution in [2.24, 2.45) is 0 Å². The number of likely N-dealkylation sites (tertiary alicyclic amines) is 1. The van der Waals surface area contributed by atoms with E-state index >= 15 is 0 Å². The molecule has 0 amide bonds. The summed E-state index contributed by atoms with van der Waals surface area (Å²) >= 11 is 0. The van der Waals surface area contributed by atoms with Crippen molar-refractivity contribution >= 4 is 17.9 Å². The third-order valence-corrected chi connectivity index (χ3v) is 10.4. The first-order valence-electron chi connectivity index (χ1n) is 16.4. The van der Waals surface area contributed by atoms with Gasteiger partial charge in [0.05, 0.1) is 11.0 Å². The van der Waals surface area contributed by atoms with Crippen LogP contribution in [0.15, 0.2) is 84.6 Å². The molecule has 13 heteroatoms. The predicted octanol–water partition coefficient (Wildman–Crippen LogP) is 2.41. The Balaban J connectivity index is 1.07. The fraction of sp³-hybridized carbons (Fsp3) is 0.378. The lowest BCUT2D eigenvalue weighted by Gasteiger charge is -2.61. The molecular formula is C37H37NO12. The molecule has 2 bridgehead atoms. The normalized spacial score (nSPS) is 27.1.